The number of amides is 1. The summed E-state index contributed by atoms with van der Waals surface area (Å²) in [4.78, 5) is 43.1. The van der Waals surface area contributed by atoms with Crippen LogP contribution in [0.15, 0.2) is 53.0 Å². The summed E-state index contributed by atoms with van der Waals surface area (Å²) >= 11 is 0. The Hall–Kier alpha value is -4.35. The van der Waals surface area contributed by atoms with E-state index >= 15 is 0 Å². The lowest BCUT2D eigenvalue weighted by Crippen LogP contribution is -2.63. The number of aliphatic hydroxyl groups excluding tert-OH is 2. The fourth-order valence-corrected chi connectivity index (χ4v) is 6.62. The molecule has 1 amide bonds. The average Bonchev–Trinajstić information content (AvgIpc) is 2.85. The van der Waals surface area contributed by atoms with E-state index in [9.17, 15) is 34.8 Å². The Balaban J connectivity index is 1.76. The third-order valence-corrected chi connectivity index (χ3v) is 8.38. The summed E-state index contributed by atoms with van der Waals surface area (Å²) in [6.07, 6.45) is 0.225. The average molecular weight is 549 g/mol. The van der Waals surface area contributed by atoms with Gasteiger partial charge in [-0.1, -0.05) is 12.1 Å². The number of rotatable bonds is 4. The molecule has 0 saturated carbocycles. The monoisotopic (exact) mass is 548 g/mol. The van der Waals surface area contributed by atoms with Gasteiger partial charge in [0.05, 0.1) is 11.6 Å². The Bertz CT molecular complexity index is 1560. The van der Waals surface area contributed by atoms with Crippen LogP contribution >= 0.6 is 0 Å². The second-order valence-electron chi connectivity index (χ2n) is 11.1. The minimum absolute atomic E-state index is 0.0242. The van der Waals surface area contributed by atoms with Gasteiger partial charge in [-0.2, -0.15) is 0 Å². The molecule has 0 radical (unpaired) electrons. The molecule has 0 heterocycles. The Kier molecular flexibility index (Phi) is 6.20. The van der Waals surface area contributed by atoms with E-state index in [0.29, 0.717) is 28.1 Å². The number of anilines is 2. The van der Waals surface area contributed by atoms with Gasteiger partial charge in [0.2, 0.25) is 5.78 Å². The number of allylic oxidation sites excluding steroid dienone is 1. The van der Waals surface area contributed by atoms with Gasteiger partial charge in [0.15, 0.2) is 11.4 Å². The van der Waals surface area contributed by atoms with Gasteiger partial charge in [-0.3, -0.25) is 19.3 Å². The van der Waals surface area contributed by atoms with E-state index in [1.54, 1.807) is 58.5 Å². The van der Waals surface area contributed by atoms with Gasteiger partial charge in [-0.15, -0.1) is 0 Å². The van der Waals surface area contributed by atoms with Crippen molar-refractivity contribution in [1.82, 2.24) is 4.90 Å². The first-order valence-electron chi connectivity index (χ1n) is 12.8. The lowest BCUT2D eigenvalue weighted by atomic mass is 9.58. The molecule has 3 aliphatic carbocycles. The van der Waals surface area contributed by atoms with Crippen molar-refractivity contribution in [2.45, 2.75) is 24.5 Å². The van der Waals surface area contributed by atoms with Crippen LogP contribution in [0.25, 0.3) is 11.1 Å². The van der Waals surface area contributed by atoms with E-state index in [1.807, 2.05) is 4.90 Å². The molecule has 0 bridgehead atoms. The fourth-order valence-electron chi connectivity index (χ4n) is 6.62. The number of primary amides is 1. The highest BCUT2D eigenvalue weighted by atomic mass is 16.3. The minimum Gasteiger partial charge on any atom is -0.510 e. The second kappa shape index (κ2) is 9.10. The summed E-state index contributed by atoms with van der Waals surface area (Å²) in [6.45, 7) is 0. The summed E-state index contributed by atoms with van der Waals surface area (Å²) in [5, 5.41) is 45.6. The molecule has 3 aliphatic rings. The fraction of sp³-hybridized carbons (Fsp3) is 0.345. The number of Topliss-reactive ketones (excluding diaryl/α,β-unsaturated/α-hetero) is 2. The third-order valence-electron chi connectivity index (χ3n) is 8.38. The molecule has 0 unspecified atom stereocenters. The molecule has 11 heteroatoms. The smallest absolute Gasteiger partial charge is 0.255 e. The molecule has 8 N–H and O–H groups in total. The number of ketones is 2. The predicted octanol–water partition coefficient (Wildman–Crippen LogP) is 1.44. The van der Waals surface area contributed by atoms with Crippen molar-refractivity contribution in [1.29, 1.82) is 0 Å². The van der Waals surface area contributed by atoms with Gasteiger partial charge in [0, 0.05) is 42.5 Å². The van der Waals surface area contributed by atoms with E-state index in [1.165, 1.54) is 4.90 Å². The number of hydrogen-bond donors (Lipinski definition) is 6. The van der Waals surface area contributed by atoms with Crippen LogP contribution < -0.4 is 16.4 Å². The zero-order valence-corrected chi connectivity index (χ0v) is 22.6. The molecule has 0 aliphatic heterocycles. The van der Waals surface area contributed by atoms with Crippen molar-refractivity contribution < 1.29 is 34.8 Å². The van der Waals surface area contributed by atoms with Crippen molar-refractivity contribution in [3.05, 3.63) is 64.1 Å². The quantitative estimate of drug-likeness (QED) is 0.241. The van der Waals surface area contributed by atoms with Gasteiger partial charge >= 0.3 is 0 Å². The van der Waals surface area contributed by atoms with Gasteiger partial charge in [0.1, 0.15) is 22.8 Å². The molecule has 4 atom stereocenters. The van der Waals surface area contributed by atoms with Gasteiger partial charge in [-0.25, -0.2) is 0 Å². The third kappa shape index (κ3) is 3.61. The summed E-state index contributed by atoms with van der Waals surface area (Å²) in [6, 6.07) is 7.54. The maximum absolute atomic E-state index is 14.1. The summed E-state index contributed by atoms with van der Waals surface area (Å²) in [7, 11) is 6.79. The molecule has 0 aromatic heterocycles. The molecule has 0 spiro atoms. The van der Waals surface area contributed by atoms with Crippen molar-refractivity contribution >= 4 is 28.8 Å². The largest absolute Gasteiger partial charge is 0.510 e. The number of aromatic hydroxyl groups is 1. The normalized spacial score (nSPS) is 26.0. The highest BCUT2D eigenvalue weighted by molar-refractivity contribution is 6.25. The highest BCUT2D eigenvalue weighted by Gasteiger charge is 2.63. The van der Waals surface area contributed by atoms with Crippen LogP contribution in [-0.4, -0.2) is 82.6 Å². The number of nitrogens with two attached hydrogens (primary N) is 2. The van der Waals surface area contributed by atoms with Crippen molar-refractivity contribution in [2.24, 2.45) is 17.6 Å². The SMILES string of the molecule is CN(C)c1cc(-c2cccc(N)c2)c(O)c2c1C[C@H]1C[C@H]3[C@@H](N(C)C)C(O)=C(C(N)=O)C(=O)[C@@]3(O)C(O)=C1C2=O. The molecule has 0 fully saturated rings. The molecule has 40 heavy (non-hydrogen) atoms. The van der Waals surface area contributed by atoms with E-state index in [-0.39, 0.29) is 29.7 Å². The van der Waals surface area contributed by atoms with Gasteiger partial charge < -0.3 is 36.8 Å². The van der Waals surface area contributed by atoms with Crippen LogP contribution in [-0.2, 0) is 16.0 Å². The molecule has 2 aromatic rings. The first kappa shape index (κ1) is 27.2. The zero-order valence-electron chi connectivity index (χ0n) is 22.6. The van der Waals surface area contributed by atoms with Crippen LogP contribution in [0.3, 0.4) is 0 Å². The summed E-state index contributed by atoms with van der Waals surface area (Å²) in [5.41, 5.74) is 10.2. The number of nitrogen functional groups attached to an aromatic ring is 1. The van der Waals surface area contributed by atoms with E-state index in [0.717, 1.165) is 0 Å². The van der Waals surface area contributed by atoms with E-state index in [4.69, 9.17) is 11.5 Å². The topological polar surface area (TPSA) is 191 Å². The van der Waals surface area contributed by atoms with E-state index in [2.05, 4.69) is 0 Å². The second-order valence-corrected chi connectivity index (χ2v) is 11.1. The number of phenols is 1. The van der Waals surface area contributed by atoms with Crippen LogP contribution in [0.5, 0.6) is 5.75 Å². The van der Waals surface area contributed by atoms with Crippen LogP contribution in [0.4, 0.5) is 11.4 Å². The molecule has 5 rings (SSSR count). The van der Waals surface area contributed by atoms with E-state index < -0.39 is 58.0 Å². The molecule has 11 nitrogen and oxygen atoms in total. The number of phenolic OH excluding ortho intramolecular Hbond substituents is 1. The maximum atomic E-state index is 14.1. The molecule has 0 saturated heterocycles. The number of likely N-dealkylation sites (N-methyl/N-ethyl adjacent to an activating group) is 1. The van der Waals surface area contributed by atoms with Crippen molar-refractivity contribution in [3.8, 4) is 16.9 Å². The number of carbonyl (C=O) groups is 3. The number of fused-ring (bicyclic) bond motifs is 3. The minimum atomic E-state index is -2.68. The molecule has 210 valence electrons. The lowest BCUT2D eigenvalue weighted by molar-refractivity contribution is -0.148. The summed E-state index contributed by atoms with van der Waals surface area (Å²) < 4.78 is 0. The number of aliphatic hydroxyl groups is 3. The summed E-state index contributed by atoms with van der Waals surface area (Å²) in [5.74, 6) is -6.82. The Morgan fingerprint density at radius 2 is 1.75 bits per heavy atom. The van der Waals surface area contributed by atoms with Gasteiger partial charge in [-0.05, 0) is 62.2 Å². The number of hydrogen-bond acceptors (Lipinski definition) is 10. The first-order chi connectivity index (χ1) is 18.7. The van der Waals surface area contributed by atoms with Crippen LogP contribution in [0.1, 0.15) is 22.3 Å². The van der Waals surface area contributed by atoms with Crippen LogP contribution in [0, 0.1) is 11.8 Å². The number of benzene rings is 2. The number of nitrogens with zero attached hydrogens (tertiary/aromatic N) is 2. The molecule has 2 aromatic carbocycles. The predicted molar refractivity (Wildman–Crippen MR) is 148 cm³/mol. The highest BCUT2D eigenvalue weighted by Crippen LogP contribution is 2.54. The Morgan fingerprint density at radius 1 is 1.07 bits per heavy atom. The van der Waals surface area contributed by atoms with Crippen LogP contribution in [0.2, 0.25) is 0 Å². The molecular formula is C29H32N4O7. The number of carbonyl (C=O) groups excluding carboxylic acids is 3. The lowest BCUT2D eigenvalue weighted by Gasteiger charge is -2.50. The van der Waals surface area contributed by atoms with Gasteiger partial charge in [0.25, 0.3) is 5.91 Å². The van der Waals surface area contributed by atoms with Crippen molar-refractivity contribution in [2.75, 3.05) is 38.8 Å². The first-order valence-corrected chi connectivity index (χ1v) is 12.8. The Morgan fingerprint density at radius 3 is 2.33 bits per heavy atom. The molecular weight excluding hydrogens is 516 g/mol. The standard InChI is InChI=1S/C29H32N4O7/c1-32(2)18-11-15(12-6-5-7-14(30)8-12)23(34)20-16(18)9-13-10-17-22(33(3)4)25(36)21(28(31)39)27(38)29(17,40)26(37)19(13)24(20)35/h5-8,11,13,17,22,34,36-37,40H,9-10,30H2,1-4H3,(H2,31,39)/t13-,17-,22+,29-/m0/s1. The zero-order chi connectivity index (χ0) is 29.4. The van der Waals surface area contributed by atoms with Crippen molar-refractivity contribution in [3.63, 3.8) is 0 Å². The maximum Gasteiger partial charge on any atom is 0.255 e. The Labute approximate surface area is 230 Å².